The largest absolute Gasteiger partial charge is 0.417 e. The predicted molar refractivity (Wildman–Crippen MR) is 73.4 cm³/mol. The van der Waals surface area contributed by atoms with Gasteiger partial charge in [-0.25, -0.2) is 0 Å². The molecular formula is C12H15Cl2F3N2. The first-order valence-corrected chi connectivity index (χ1v) is 6.11. The number of rotatable bonds is 1. The molecule has 0 spiro atoms. The summed E-state index contributed by atoms with van der Waals surface area (Å²) in [5, 5.41) is 2.95. The topological polar surface area (TPSA) is 15.3 Å². The maximum absolute atomic E-state index is 12.8. The van der Waals surface area contributed by atoms with Gasteiger partial charge in [-0.3, -0.25) is 0 Å². The van der Waals surface area contributed by atoms with Crippen LogP contribution in [-0.4, -0.2) is 25.7 Å². The molecular weight excluding hydrogens is 300 g/mol. The average Bonchev–Trinajstić information content (AvgIpc) is 2.29. The molecule has 7 heteroatoms. The fourth-order valence-electron chi connectivity index (χ4n) is 2.13. The molecule has 0 radical (unpaired) electrons. The summed E-state index contributed by atoms with van der Waals surface area (Å²) in [5.74, 6) is 0. The van der Waals surface area contributed by atoms with Crippen LogP contribution < -0.4 is 10.2 Å². The van der Waals surface area contributed by atoms with E-state index in [1.807, 2.05) is 11.8 Å². The van der Waals surface area contributed by atoms with Gasteiger partial charge in [0.2, 0.25) is 0 Å². The fourth-order valence-corrected chi connectivity index (χ4v) is 2.36. The number of hydrogen-bond acceptors (Lipinski definition) is 2. The molecule has 2 nitrogen and oxygen atoms in total. The van der Waals surface area contributed by atoms with Gasteiger partial charge in [-0.2, -0.15) is 13.2 Å². The van der Waals surface area contributed by atoms with Crippen molar-refractivity contribution in [3.05, 3.63) is 28.8 Å². The Labute approximate surface area is 121 Å². The summed E-state index contributed by atoms with van der Waals surface area (Å²) in [6.45, 7) is 4.21. The van der Waals surface area contributed by atoms with Crippen LogP contribution in [0.5, 0.6) is 0 Å². The van der Waals surface area contributed by atoms with Gasteiger partial charge < -0.3 is 10.2 Å². The smallest absolute Gasteiger partial charge is 0.366 e. The number of halogens is 5. The Morgan fingerprint density at radius 3 is 2.63 bits per heavy atom. The van der Waals surface area contributed by atoms with Crippen LogP contribution in [0.4, 0.5) is 18.9 Å². The van der Waals surface area contributed by atoms with Crippen LogP contribution in [0.1, 0.15) is 12.5 Å². The summed E-state index contributed by atoms with van der Waals surface area (Å²) in [6, 6.07) is 4.25. The van der Waals surface area contributed by atoms with Crippen LogP contribution in [0.3, 0.4) is 0 Å². The molecule has 1 N–H and O–H groups in total. The SMILES string of the molecule is C[C@@H]1CNCCN1c1ccc(Cl)c(C(F)(F)F)c1.Cl. The summed E-state index contributed by atoms with van der Waals surface area (Å²) in [4.78, 5) is 1.96. The van der Waals surface area contributed by atoms with Crippen LogP contribution in [0.2, 0.25) is 5.02 Å². The zero-order valence-electron chi connectivity index (χ0n) is 10.3. The average molecular weight is 315 g/mol. The number of piperazine rings is 1. The normalized spacial score (nSPS) is 20.1. The molecule has 1 aliphatic heterocycles. The van der Waals surface area contributed by atoms with E-state index in [0.29, 0.717) is 12.2 Å². The number of nitrogens with zero attached hydrogens (tertiary/aromatic N) is 1. The monoisotopic (exact) mass is 314 g/mol. The summed E-state index contributed by atoms with van der Waals surface area (Å²) < 4.78 is 38.3. The van der Waals surface area contributed by atoms with Crippen LogP contribution in [0, 0.1) is 0 Å². The highest BCUT2D eigenvalue weighted by Crippen LogP contribution is 2.37. The zero-order chi connectivity index (χ0) is 13.3. The van der Waals surface area contributed by atoms with E-state index in [4.69, 9.17) is 11.6 Å². The van der Waals surface area contributed by atoms with Crippen molar-refractivity contribution < 1.29 is 13.2 Å². The van der Waals surface area contributed by atoms with E-state index in [1.54, 1.807) is 6.07 Å². The quantitative estimate of drug-likeness (QED) is 0.852. The summed E-state index contributed by atoms with van der Waals surface area (Å²) >= 11 is 5.61. The van der Waals surface area contributed by atoms with Crippen LogP contribution >= 0.6 is 24.0 Å². The van der Waals surface area contributed by atoms with Gasteiger partial charge in [0, 0.05) is 31.4 Å². The van der Waals surface area contributed by atoms with E-state index < -0.39 is 11.7 Å². The van der Waals surface area contributed by atoms with E-state index in [2.05, 4.69) is 5.32 Å². The van der Waals surface area contributed by atoms with Crippen LogP contribution in [-0.2, 0) is 6.18 Å². The maximum atomic E-state index is 12.8. The molecule has 19 heavy (non-hydrogen) atoms. The van der Waals surface area contributed by atoms with Crippen LogP contribution in [0.15, 0.2) is 18.2 Å². The Kier molecular flexibility index (Phi) is 5.35. The number of anilines is 1. The molecule has 0 aromatic heterocycles. The molecule has 1 aromatic carbocycles. The van der Waals surface area contributed by atoms with Crippen molar-refractivity contribution >= 4 is 29.7 Å². The Balaban J connectivity index is 0.00000180. The first kappa shape index (κ1) is 16.4. The van der Waals surface area contributed by atoms with E-state index in [1.165, 1.54) is 6.07 Å². The molecule has 0 unspecified atom stereocenters. The molecule has 108 valence electrons. The number of benzene rings is 1. The van der Waals surface area contributed by atoms with Crippen molar-refractivity contribution in [1.82, 2.24) is 5.32 Å². The molecule has 0 saturated carbocycles. The van der Waals surface area contributed by atoms with Gasteiger partial charge in [-0.15, -0.1) is 12.4 Å². The van der Waals surface area contributed by atoms with E-state index >= 15 is 0 Å². The minimum Gasteiger partial charge on any atom is -0.366 e. The zero-order valence-corrected chi connectivity index (χ0v) is 11.9. The molecule has 1 atom stereocenters. The van der Waals surface area contributed by atoms with Crippen molar-refractivity contribution in [2.75, 3.05) is 24.5 Å². The lowest BCUT2D eigenvalue weighted by molar-refractivity contribution is -0.137. The second-order valence-corrected chi connectivity index (χ2v) is 4.82. The summed E-state index contributed by atoms with van der Waals surface area (Å²) in [7, 11) is 0. The lowest BCUT2D eigenvalue weighted by atomic mass is 10.1. The van der Waals surface area contributed by atoms with Gasteiger partial charge in [0.1, 0.15) is 0 Å². The van der Waals surface area contributed by atoms with Gasteiger partial charge >= 0.3 is 6.18 Å². The molecule has 0 aliphatic carbocycles. The van der Waals surface area contributed by atoms with Crippen molar-refractivity contribution in [3.63, 3.8) is 0 Å². The van der Waals surface area contributed by atoms with E-state index in [0.717, 1.165) is 19.2 Å². The second kappa shape index (κ2) is 6.20. The number of hydrogen-bond donors (Lipinski definition) is 1. The molecule has 1 aromatic rings. The van der Waals surface area contributed by atoms with Gasteiger partial charge in [0.05, 0.1) is 10.6 Å². The minimum atomic E-state index is -4.41. The molecule has 1 heterocycles. The Morgan fingerprint density at radius 1 is 1.37 bits per heavy atom. The third-order valence-electron chi connectivity index (χ3n) is 3.09. The Hall–Kier alpha value is -0.650. The second-order valence-electron chi connectivity index (χ2n) is 4.41. The van der Waals surface area contributed by atoms with Gasteiger partial charge in [-0.05, 0) is 25.1 Å². The van der Waals surface area contributed by atoms with Gasteiger partial charge in [0.15, 0.2) is 0 Å². The molecule has 0 amide bonds. The minimum absolute atomic E-state index is 0. The molecule has 1 fully saturated rings. The van der Waals surface area contributed by atoms with Gasteiger partial charge in [-0.1, -0.05) is 11.6 Å². The Morgan fingerprint density at radius 2 is 2.05 bits per heavy atom. The van der Waals surface area contributed by atoms with Gasteiger partial charge in [0.25, 0.3) is 0 Å². The van der Waals surface area contributed by atoms with Crippen molar-refractivity contribution in [2.24, 2.45) is 0 Å². The lowest BCUT2D eigenvalue weighted by Gasteiger charge is -2.36. The number of alkyl halides is 3. The summed E-state index contributed by atoms with van der Waals surface area (Å²) in [6.07, 6.45) is -4.41. The van der Waals surface area contributed by atoms with E-state index in [-0.39, 0.29) is 23.5 Å². The highest BCUT2D eigenvalue weighted by atomic mass is 35.5. The summed E-state index contributed by atoms with van der Waals surface area (Å²) in [5.41, 5.74) is -0.201. The standard InChI is InChI=1S/C12H14ClF3N2.ClH/c1-8-7-17-4-5-18(8)9-2-3-11(13)10(6-9)12(14,15)16;/h2-3,6,8,17H,4-5,7H2,1H3;1H/t8-;/m1./s1. The number of nitrogens with one attached hydrogen (secondary N) is 1. The first-order chi connectivity index (χ1) is 8.39. The third kappa shape index (κ3) is 3.68. The molecule has 1 aliphatic rings. The maximum Gasteiger partial charge on any atom is 0.417 e. The predicted octanol–water partition coefficient (Wildman–Crippen LogP) is 3.58. The van der Waals surface area contributed by atoms with Crippen molar-refractivity contribution in [1.29, 1.82) is 0 Å². The highest BCUT2D eigenvalue weighted by Gasteiger charge is 2.34. The first-order valence-electron chi connectivity index (χ1n) is 5.73. The molecule has 2 rings (SSSR count). The van der Waals surface area contributed by atoms with Crippen molar-refractivity contribution in [3.8, 4) is 0 Å². The van der Waals surface area contributed by atoms with Crippen LogP contribution in [0.25, 0.3) is 0 Å². The lowest BCUT2D eigenvalue weighted by Crippen LogP contribution is -2.50. The van der Waals surface area contributed by atoms with E-state index in [9.17, 15) is 13.2 Å². The molecule has 0 bridgehead atoms. The van der Waals surface area contributed by atoms with Crippen molar-refractivity contribution in [2.45, 2.75) is 19.1 Å². The third-order valence-corrected chi connectivity index (χ3v) is 3.42. The Bertz CT molecular complexity index is 437. The highest BCUT2D eigenvalue weighted by molar-refractivity contribution is 6.31. The molecule has 1 saturated heterocycles. The fraction of sp³-hybridized carbons (Fsp3) is 0.500.